The lowest BCUT2D eigenvalue weighted by atomic mass is 9.92. The molecule has 0 spiro atoms. The first-order valence-corrected chi connectivity index (χ1v) is 14.4. The van der Waals surface area contributed by atoms with Crippen LogP contribution in [0.3, 0.4) is 0 Å². The maximum Gasteiger partial charge on any atom is 0.319 e. The molecule has 2 unspecified atom stereocenters. The highest BCUT2D eigenvalue weighted by atomic mass is 19.1. The fourth-order valence-electron chi connectivity index (χ4n) is 6.78. The van der Waals surface area contributed by atoms with Crippen LogP contribution < -0.4 is 15.0 Å². The van der Waals surface area contributed by atoms with E-state index in [-0.39, 0.29) is 23.4 Å². The molecule has 3 aliphatic heterocycles. The largest absolute Gasteiger partial charge is 0.508 e. The molecule has 2 aromatic heterocycles. The quantitative estimate of drug-likeness (QED) is 0.352. The number of likely N-dealkylation sites (tertiary alicyclic amines) is 1. The molecule has 3 aliphatic rings. The molecule has 2 aromatic carbocycles. The zero-order valence-electron chi connectivity index (χ0n) is 23.4. The molecule has 7 rings (SSSR count). The highest BCUT2D eigenvalue weighted by molar-refractivity contribution is 6.05. The number of pyridine rings is 1. The van der Waals surface area contributed by atoms with E-state index in [9.17, 15) is 9.50 Å². The fourth-order valence-corrected chi connectivity index (χ4v) is 6.78. The van der Waals surface area contributed by atoms with Crippen molar-refractivity contribution >= 4 is 27.6 Å². The molecular formula is C33H31FN6O2. The zero-order valence-corrected chi connectivity index (χ0v) is 23.4. The van der Waals surface area contributed by atoms with Crippen LogP contribution in [0.15, 0.2) is 30.5 Å². The Morgan fingerprint density at radius 3 is 2.55 bits per heavy atom. The van der Waals surface area contributed by atoms with Gasteiger partial charge in [0.1, 0.15) is 29.2 Å². The van der Waals surface area contributed by atoms with Crippen LogP contribution >= 0.6 is 0 Å². The SMILES string of the molecule is C#Cc1c(-c2cc(O)cc3ccc(F)c(C#C)c23)cnc2c(N3CC4CCC(C3)N4)nc(OC[C@@H]3CCCN3C)nc12. The molecule has 0 saturated carbocycles. The van der Waals surface area contributed by atoms with Crippen molar-refractivity contribution in [2.75, 3.05) is 38.2 Å². The third-order valence-corrected chi connectivity index (χ3v) is 8.90. The monoisotopic (exact) mass is 562 g/mol. The Hall–Kier alpha value is -4.44. The Kier molecular flexibility index (Phi) is 6.57. The first kappa shape index (κ1) is 26.5. The molecule has 3 fully saturated rings. The molecular weight excluding hydrogens is 531 g/mol. The summed E-state index contributed by atoms with van der Waals surface area (Å²) in [5.74, 6) is 5.44. The Balaban J connectivity index is 1.42. The van der Waals surface area contributed by atoms with Crippen molar-refractivity contribution in [1.29, 1.82) is 0 Å². The summed E-state index contributed by atoms with van der Waals surface area (Å²) in [5, 5.41) is 15.3. The minimum Gasteiger partial charge on any atom is -0.508 e. The molecule has 3 atom stereocenters. The third kappa shape index (κ3) is 4.46. The molecule has 2 bridgehead atoms. The number of ether oxygens (including phenoxy) is 1. The molecule has 4 aromatic rings. The number of benzene rings is 2. The van der Waals surface area contributed by atoms with Gasteiger partial charge in [-0.1, -0.05) is 17.9 Å². The van der Waals surface area contributed by atoms with Gasteiger partial charge in [-0.3, -0.25) is 0 Å². The number of rotatable bonds is 5. The number of hydrogen-bond donors (Lipinski definition) is 2. The molecule has 3 saturated heterocycles. The number of nitrogens with one attached hydrogen (secondary N) is 1. The van der Waals surface area contributed by atoms with Crippen LogP contribution in [-0.2, 0) is 0 Å². The van der Waals surface area contributed by atoms with Crippen LogP contribution in [0.2, 0.25) is 0 Å². The average Bonchev–Trinajstić information content (AvgIpc) is 3.57. The van der Waals surface area contributed by atoms with E-state index < -0.39 is 5.82 Å². The normalized spacial score (nSPS) is 22.0. The number of halogens is 1. The van der Waals surface area contributed by atoms with Crippen LogP contribution in [0.1, 0.15) is 36.8 Å². The lowest BCUT2D eigenvalue weighted by Gasteiger charge is -2.34. The second-order valence-electron chi connectivity index (χ2n) is 11.5. The highest BCUT2D eigenvalue weighted by Crippen LogP contribution is 2.40. The first-order valence-electron chi connectivity index (χ1n) is 14.4. The first-order chi connectivity index (χ1) is 20.4. The van der Waals surface area contributed by atoms with Gasteiger partial charge in [0.05, 0.1) is 11.1 Å². The van der Waals surface area contributed by atoms with Crippen LogP contribution in [-0.4, -0.2) is 76.4 Å². The third-order valence-electron chi connectivity index (χ3n) is 8.90. The lowest BCUT2D eigenvalue weighted by Crippen LogP contribution is -2.51. The van der Waals surface area contributed by atoms with E-state index >= 15 is 0 Å². The van der Waals surface area contributed by atoms with E-state index in [1.54, 1.807) is 18.3 Å². The van der Waals surface area contributed by atoms with E-state index in [0.717, 1.165) is 45.3 Å². The summed E-state index contributed by atoms with van der Waals surface area (Å²) in [5.41, 5.74) is 2.58. The molecule has 9 heteroatoms. The van der Waals surface area contributed by atoms with Crippen molar-refractivity contribution in [2.24, 2.45) is 0 Å². The smallest absolute Gasteiger partial charge is 0.319 e. The molecule has 0 radical (unpaired) electrons. The Bertz CT molecular complexity index is 1800. The van der Waals surface area contributed by atoms with Crippen molar-refractivity contribution in [2.45, 2.75) is 43.8 Å². The number of likely N-dealkylation sites (N-methyl/N-ethyl adjacent to an activating group) is 1. The highest BCUT2D eigenvalue weighted by Gasteiger charge is 2.34. The standard InChI is InChI=1S/C33H31FN6O2/c1-4-24-27(26-14-23(41)13-19-8-11-28(34)25(5-2)29(19)26)15-35-31-30(24)37-33(42-18-22-7-6-12-39(22)3)38-32(31)40-16-20-9-10-21(17-40)36-20/h1-2,8,11,13-15,20-22,36,41H,6-7,9-10,12,16-18H2,3H3/t20?,21?,22-/m0/s1. The summed E-state index contributed by atoms with van der Waals surface area (Å²) in [6.45, 7) is 3.09. The number of anilines is 1. The molecule has 0 amide bonds. The van der Waals surface area contributed by atoms with Gasteiger partial charge in [-0.2, -0.15) is 9.97 Å². The fraction of sp³-hybridized carbons (Fsp3) is 0.364. The number of piperazine rings is 1. The maximum absolute atomic E-state index is 14.9. The number of phenolic OH excluding ortho intramolecular Hbond substituents is 1. The van der Waals surface area contributed by atoms with Gasteiger partial charge in [-0.15, -0.1) is 12.8 Å². The second kappa shape index (κ2) is 10.4. The summed E-state index contributed by atoms with van der Waals surface area (Å²) >= 11 is 0. The van der Waals surface area contributed by atoms with E-state index in [0.29, 0.717) is 63.0 Å². The van der Waals surface area contributed by atoms with Crippen molar-refractivity contribution in [3.05, 3.63) is 47.4 Å². The Morgan fingerprint density at radius 1 is 1.05 bits per heavy atom. The summed E-state index contributed by atoms with van der Waals surface area (Å²) in [6.07, 6.45) is 18.0. The number of fused-ring (bicyclic) bond motifs is 4. The number of terminal acetylenes is 2. The van der Waals surface area contributed by atoms with Gasteiger partial charge in [-0.25, -0.2) is 9.37 Å². The van der Waals surface area contributed by atoms with Crippen molar-refractivity contribution in [3.63, 3.8) is 0 Å². The summed E-state index contributed by atoms with van der Waals surface area (Å²) in [6, 6.07) is 7.27. The average molecular weight is 563 g/mol. The van der Waals surface area contributed by atoms with Gasteiger partial charge in [-0.05, 0) is 68.4 Å². The van der Waals surface area contributed by atoms with Gasteiger partial charge in [0.2, 0.25) is 0 Å². The summed E-state index contributed by atoms with van der Waals surface area (Å²) in [4.78, 5) is 19.1. The minimum atomic E-state index is -0.529. The second-order valence-corrected chi connectivity index (χ2v) is 11.5. The predicted molar refractivity (Wildman–Crippen MR) is 161 cm³/mol. The van der Waals surface area contributed by atoms with Gasteiger partial charge in [0.25, 0.3) is 0 Å². The maximum atomic E-state index is 14.9. The van der Waals surface area contributed by atoms with Gasteiger partial charge in [0.15, 0.2) is 5.82 Å². The Labute approximate surface area is 243 Å². The van der Waals surface area contributed by atoms with Crippen LogP contribution in [0.5, 0.6) is 11.8 Å². The molecule has 8 nitrogen and oxygen atoms in total. The van der Waals surface area contributed by atoms with Crippen molar-refractivity contribution in [1.82, 2.24) is 25.2 Å². The number of hydrogen-bond acceptors (Lipinski definition) is 8. The van der Waals surface area contributed by atoms with E-state index in [1.165, 1.54) is 12.1 Å². The predicted octanol–water partition coefficient (Wildman–Crippen LogP) is 4.07. The van der Waals surface area contributed by atoms with E-state index in [1.807, 2.05) is 0 Å². The molecule has 212 valence electrons. The number of aromatic nitrogens is 3. The van der Waals surface area contributed by atoms with Crippen LogP contribution in [0.25, 0.3) is 32.9 Å². The Morgan fingerprint density at radius 2 is 1.83 bits per heavy atom. The molecule has 42 heavy (non-hydrogen) atoms. The summed E-state index contributed by atoms with van der Waals surface area (Å²) in [7, 11) is 2.10. The molecule has 2 N–H and O–H groups in total. The van der Waals surface area contributed by atoms with E-state index in [2.05, 4.69) is 34.0 Å². The van der Waals surface area contributed by atoms with Crippen molar-refractivity contribution in [3.8, 4) is 47.6 Å². The van der Waals surface area contributed by atoms with Crippen molar-refractivity contribution < 1.29 is 14.2 Å². The van der Waals surface area contributed by atoms with Gasteiger partial charge < -0.3 is 25.0 Å². The lowest BCUT2D eigenvalue weighted by molar-refractivity contribution is 0.188. The number of nitrogens with zero attached hydrogens (tertiary/aromatic N) is 5. The van der Waals surface area contributed by atoms with Gasteiger partial charge in [0, 0.05) is 48.4 Å². The summed E-state index contributed by atoms with van der Waals surface area (Å²) < 4.78 is 21.1. The minimum absolute atomic E-state index is 0.000442. The zero-order chi connectivity index (χ0) is 29.0. The van der Waals surface area contributed by atoms with Crippen LogP contribution in [0.4, 0.5) is 10.2 Å². The number of phenols is 1. The van der Waals surface area contributed by atoms with Gasteiger partial charge >= 0.3 is 6.01 Å². The topological polar surface area (TPSA) is 86.6 Å². The van der Waals surface area contributed by atoms with Crippen LogP contribution in [0, 0.1) is 30.5 Å². The molecule has 5 heterocycles. The molecule has 0 aliphatic carbocycles. The number of aromatic hydroxyl groups is 1. The van der Waals surface area contributed by atoms with E-state index in [4.69, 9.17) is 32.5 Å².